The zero-order valence-electron chi connectivity index (χ0n) is 11.7. The largest absolute Gasteiger partial charge is 0.416 e. The van der Waals surface area contributed by atoms with Crippen LogP contribution in [-0.4, -0.2) is 35.1 Å². The molecule has 1 aromatic rings. The van der Waals surface area contributed by atoms with Crippen LogP contribution >= 0.6 is 0 Å². The second kappa shape index (κ2) is 6.05. The molecule has 0 bridgehead atoms. The maximum atomic E-state index is 12.7. The number of aliphatic hydroxyl groups is 1. The van der Waals surface area contributed by atoms with Gasteiger partial charge >= 0.3 is 6.18 Å². The molecule has 0 radical (unpaired) electrons. The van der Waals surface area contributed by atoms with Crippen molar-refractivity contribution >= 4 is 5.91 Å². The summed E-state index contributed by atoms with van der Waals surface area (Å²) >= 11 is 0. The Labute approximate surface area is 121 Å². The van der Waals surface area contributed by atoms with E-state index in [0.29, 0.717) is 19.5 Å². The molecule has 0 aliphatic carbocycles. The Hall–Kier alpha value is -1.56. The van der Waals surface area contributed by atoms with Crippen LogP contribution in [0.15, 0.2) is 24.3 Å². The van der Waals surface area contributed by atoms with Gasteiger partial charge in [-0.2, -0.15) is 13.2 Å². The van der Waals surface area contributed by atoms with Crippen LogP contribution in [0.5, 0.6) is 0 Å². The summed E-state index contributed by atoms with van der Waals surface area (Å²) in [6, 6.07) is 4.47. The van der Waals surface area contributed by atoms with Crippen LogP contribution in [0, 0.1) is 5.92 Å². The van der Waals surface area contributed by atoms with Gasteiger partial charge in [-0.15, -0.1) is 0 Å². The molecular weight excluding hydrogens is 283 g/mol. The third kappa shape index (κ3) is 3.56. The number of carbonyl (C=O) groups is 1. The SMILES string of the molecule is CCC1CN(C(=O)c2cccc(C(F)(F)F)c2)CCC1O. The Morgan fingerprint density at radius 1 is 1.43 bits per heavy atom. The van der Waals surface area contributed by atoms with Crippen LogP contribution in [0.1, 0.15) is 35.7 Å². The van der Waals surface area contributed by atoms with Gasteiger partial charge in [-0.05, 0) is 31.0 Å². The summed E-state index contributed by atoms with van der Waals surface area (Å²) < 4.78 is 38.1. The molecule has 1 heterocycles. The number of amides is 1. The Morgan fingerprint density at radius 2 is 2.14 bits per heavy atom. The minimum Gasteiger partial charge on any atom is -0.393 e. The first-order valence-electron chi connectivity index (χ1n) is 6.97. The van der Waals surface area contributed by atoms with Gasteiger partial charge in [0.15, 0.2) is 0 Å². The van der Waals surface area contributed by atoms with E-state index in [0.717, 1.165) is 18.6 Å². The highest BCUT2D eigenvalue weighted by molar-refractivity contribution is 5.94. The van der Waals surface area contributed by atoms with E-state index < -0.39 is 23.8 Å². The number of hydrogen-bond acceptors (Lipinski definition) is 2. The van der Waals surface area contributed by atoms with Crippen molar-refractivity contribution in [2.45, 2.75) is 32.0 Å². The van der Waals surface area contributed by atoms with E-state index in [9.17, 15) is 23.1 Å². The molecule has 116 valence electrons. The van der Waals surface area contributed by atoms with E-state index in [1.807, 2.05) is 6.92 Å². The fourth-order valence-corrected chi connectivity index (χ4v) is 2.62. The number of nitrogens with zero attached hydrogens (tertiary/aromatic N) is 1. The Balaban J connectivity index is 2.17. The van der Waals surface area contributed by atoms with Crippen LogP contribution in [0.4, 0.5) is 13.2 Å². The molecule has 1 aliphatic heterocycles. The van der Waals surface area contributed by atoms with Crippen molar-refractivity contribution in [3.8, 4) is 0 Å². The fourth-order valence-electron chi connectivity index (χ4n) is 2.62. The minimum absolute atomic E-state index is 0.0199. The smallest absolute Gasteiger partial charge is 0.393 e. The molecule has 1 amide bonds. The van der Waals surface area contributed by atoms with Gasteiger partial charge in [0.2, 0.25) is 0 Å². The van der Waals surface area contributed by atoms with E-state index in [1.165, 1.54) is 17.0 Å². The molecule has 1 aromatic carbocycles. The van der Waals surface area contributed by atoms with Crippen molar-refractivity contribution in [3.05, 3.63) is 35.4 Å². The van der Waals surface area contributed by atoms with E-state index in [-0.39, 0.29) is 11.5 Å². The molecule has 21 heavy (non-hydrogen) atoms. The topological polar surface area (TPSA) is 40.5 Å². The minimum atomic E-state index is -4.46. The van der Waals surface area contributed by atoms with Gasteiger partial charge in [-0.1, -0.05) is 13.0 Å². The molecular formula is C15H18F3NO2. The number of halogens is 3. The van der Waals surface area contributed by atoms with Crippen molar-refractivity contribution in [3.63, 3.8) is 0 Å². The van der Waals surface area contributed by atoms with E-state index in [2.05, 4.69) is 0 Å². The van der Waals surface area contributed by atoms with Gasteiger partial charge in [-0.25, -0.2) is 0 Å². The van der Waals surface area contributed by atoms with Crippen molar-refractivity contribution in [1.82, 2.24) is 4.90 Å². The predicted molar refractivity (Wildman–Crippen MR) is 71.8 cm³/mol. The predicted octanol–water partition coefficient (Wildman–Crippen LogP) is 2.94. The fraction of sp³-hybridized carbons (Fsp3) is 0.533. The molecule has 0 spiro atoms. The lowest BCUT2D eigenvalue weighted by Crippen LogP contribution is -2.45. The number of carbonyl (C=O) groups excluding carboxylic acids is 1. The molecule has 2 rings (SSSR count). The summed E-state index contributed by atoms with van der Waals surface area (Å²) in [5.74, 6) is -0.431. The first kappa shape index (κ1) is 15.8. The number of hydrogen-bond donors (Lipinski definition) is 1. The van der Waals surface area contributed by atoms with Gasteiger partial charge in [0.05, 0.1) is 11.7 Å². The highest BCUT2D eigenvalue weighted by atomic mass is 19.4. The molecule has 1 saturated heterocycles. The lowest BCUT2D eigenvalue weighted by Gasteiger charge is -2.35. The van der Waals surface area contributed by atoms with Gasteiger partial charge < -0.3 is 10.0 Å². The average Bonchev–Trinajstić information content (AvgIpc) is 2.46. The maximum Gasteiger partial charge on any atom is 0.416 e. The summed E-state index contributed by atoms with van der Waals surface area (Å²) in [5.41, 5.74) is -0.784. The molecule has 2 unspecified atom stereocenters. The Morgan fingerprint density at radius 3 is 2.76 bits per heavy atom. The van der Waals surface area contributed by atoms with Crippen molar-refractivity contribution in [2.24, 2.45) is 5.92 Å². The summed E-state index contributed by atoms with van der Waals surface area (Å²) in [5, 5.41) is 9.80. The lowest BCUT2D eigenvalue weighted by atomic mass is 9.92. The van der Waals surface area contributed by atoms with Crippen LogP contribution in [0.3, 0.4) is 0 Å². The quantitative estimate of drug-likeness (QED) is 0.912. The van der Waals surface area contributed by atoms with Gasteiger partial charge in [0, 0.05) is 24.6 Å². The Kier molecular flexibility index (Phi) is 4.56. The van der Waals surface area contributed by atoms with Crippen LogP contribution in [0.2, 0.25) is 0 Å². The standard InChI is InChI=1S/C15H18F3NO2/c1-2-10-9-19(7-6-13(10)20)14(21)11-4-3-5-12(8-11)15(16,17)18/h3-5,8,10,13,20H,2,6-7,9H2,1H3. The molecule has 1 fully saturated rings. The molecule has 0 saturated carbocycles. The first-order valence-corrected chi connectivity index (χ1v) is 6.97. The number of alkyl halides is 3. The molecule has 2 atom stereocenters. The monoisotopic (exact) mass is 301 g/mol. The van der Waals surface area contributed by atoms with Crippen molar-refractivity contribution < 1.29 is 23.1 Å². The average molecular weight is 301 g/mol. The van der Waals surface area contributed by atoms with Crippen LogP contribution < -0.4 is 0 Å². The zero-order chi connectivity index (χ0) is 15.6. The molecule has 0 aromatic heterocycles. The highest BCUT2D eigenvalue weighted by Gasteiger charge is 2.33. The molecule has 1 N–H and O–H groups in total. The Bertz CT molecular complexity index is 516. The summed E-state index contributed by atoms with van der Waals surface area (Å²) in [7, 11) is 0. The lowest BCUT2D eigenvalue weighted by molar-refractivity contribution is -0.137. The molecule has 3 nitrogen and oxygen atoms in total. The second-order valence-corrected chi connectivity index (χ2v) is 5.35. The third-order valence-corrected chi connectivity index (χ3v) is 3.94. The second-order valence-electron chi connectivity index (χ2n) is 5.35. The van der Waals surface area contributed by atoms with E-state index >= 15 is 0 Å². The summed E-state index contributed by atoms with van der Waals surface area (Å²) in [6.07, 6.45) is -3.71. The molecule has 6 heteroatoms. The zero-order valence-corrected chi connectivity index (χ0v) is 11.7. The van der Waals surface area contributed by atoms with Crippen LogP contribution in [0.25, 0.3) is 0 Å². The first-order chi connectivity index (χ1) is 9.82. The number of piperidine rings is 1. The highest BCUT2D eigenvalue weighted by Crippen LogP contribution is 2.30. The summed E-state index contributed by atoms with van der Waals surface area (Å²) in [6.45, 7) is 2.67. The number of benzene rings is 1. The van der Waals surface area contributed by atoms with Crippen LogP contribution in [-0.2, 0) is 6.18 Å². The van der Waals surface area contributed by atoms with Gasteiger partial charge in [0.25, 0.3) is 5.91 Å². The van der Waals surface area contributed by atoms with Crippen molar-refractivity contribution in [1.29, 1.82) is 0 Å². The van der Waals surface area contributed by atoms with Gasteiger partial charge in [-0.3, -0.25) is 4.79 Å². The van der Waals surface area contributed by atoms with Crippen molar-refractivity contribution in [2.75, 3.05) is 13.1 Å². The van der Waals surface area contributed by atoms with Gasteiger partial charge in [0.1, 0.15) is 0 Å². The normalized spacial score (nSPS) is 23.2. The van der Waals surface area contributed by atoms with E-state index in [1.54, 1.807) is 0 Å². The summed E-state index contributed by atoms with van der Waals surface area (Å²) in [4.78, 5) is 13.8. The number of rotatable bonds is 2. The maximum absolute atomic E-state index is 12.7. The molecule has 1 aliphatic rings. The number of likely N-dealkylation sites (tertiary alicyclic amines) is 1. The van der Waals surface area contributed by atoms with E-state index in [4.69, 9.17) is 0 Å². The number of aliphatic hydroxyl groups excluding tert-OH is 1. The third-order valence-electron chi connectivity index (χ3n) is 3.94.